The molecule has 3 aromatic rings. The molecule has 7 heteroatoms. The summed E-state index contributed by atoms with van der Waals surface area (Å²) in [6.45, 7) is 0. The van der Waals surface area contributed by atoms with E-state index in [1.807, 2.05) is 36.4 Å². The molecule has 4 rings (SSSR count). The van der Waals surface area contributed by atoms with Gasteiger partial charge in [0.25, 0.3) is 5.91 Å². The van der Waals surface area contributed by atoms with Crippen LogP contribution in [-0.4, -0.2) is 23.9 Å². The number of anilines is 2. The maximum atomic E-state index is 12.9. The zero-order chi connectivity index (χ0) is 20.2. The molecule has 2 N–H and O–H groups in total. The number of benzene rings is 2. The van der Waals surface area contributed by atoms with Crippen molar-refractivity contribution in [3.63, 3.8) is 0 Å². The summed E-state index contributed by atoms with van der Waals surface area (Å²) < 4.78 is 5.21. The number of amides is 2. The van der Waals surface area contributed by atoms with Gasteiger partial charge in [-0.3, -0.25) is 14.9 Å². The third-order valence-corrected chi connectivity index (χ3v) is 5.91. The predicted octanol–water partition coefficient (Wildman–Crippen LogP) is 4.46. The van der Waals surface area contributed by atoms with Crippen LogP contribution in [0.15, 0.2) is 54.6 Å². The molecule has 1 aliphatic carbocycles. The number of nitrogens with one attached hydrogen (secondary N) is 2. The first-order valence-electron chi connectivity index (χ1n) is 9.45. The maximum Gasteiger partial charge on any atom is 0.257 e. The van der Waals surface area contributed by atoms with E-state index >= 15 is 0 Å². The number of rotatable bonds is 5. The quantitative estimate of drug-likeness (QED) is 0.654. The normalized spacial score (nSPS) is 15.3. The lowest BCUT2D eigenvalue weighted by molar-refractivity contribution is -0.117. The van der Waals surface area contributed by atoms with Gasteiger partial charge in [0.05, 0.1) is 18.7 Å². The number of ether oxygens (including phenoxy) is 1. The Balaban J connectivity index is 1.50. The number of fused-ring (bicyclic) bond motifs is 1. The van der Waals surface area contributed by atoms with E-state index < -0.39 is 0 Å². The lowest BCUT2D eigenvalue weighted by atomic mass is 9.90. The van der Waals surface area contributed by atoms with E-state index in [1.165, 1.54) is 11.3 Å². The molecule has 1 aromatic heterocycles. The van der Waals surface area contributed by atoms with Crippen molar-refractivity contribution in [1.82, 2.24) is 4.98 Å². The van der Waals surface area contributed by atoms with Crippen molar-refractivity contribution in [2.45, 2.75) is 25.2 Å². The maximum absolute atomic E-state index is 12.9. The highest BCUT2D eigenvalue weighted by atomic mass is 32.1. The minimum Gasteiger partial charge on any atom is -0.497 e. The van der Waals surface area contributed by atoms with Gasteiger partial charge in [-0.15, -0.1) is 11.3 Å². The predicted molar refractivity (Wildman–Crippen MR) is 114 cm³/mol. The number of hydrogen-bond donors (Lipinski definition) is 2. The standard InChI is InChI=1S/C22H21N3O3S/c1-28-16-10-5-9-15(13-16)23-21(27)17-11-6-12-18-19(17)24-22(29-18)25-20(26)14-7-3-2-4-8-14/h2-5,7-10,13,17H,6,11-12H2,1H3,(H,23,27)(H,24,25,26). The van der Waals surface area contributed by atoms with Crippen LogP contribution >= 0.6 is 11.3 Å². The highest BCUT2D eigenvalue weighted by Crippen LogP contribution is 2.37. The van der Waals surface area contributed by atoms with Gasteiger partial charge in [-0.2, -0.15) is 0 Å². The van der Waals surface area contributed by atoms with Gasteiger partial charge < -0.3 is 10.1 Å². The van der Waals surface area contributed by atoms with Crippen LogP contribution in [0.4, 0.5) is 10.8 Å². The van der Waals surface area contributed by atoms with E-state index in [0.29, 0.717) is 22.1 Å². The summed E-state index contributed by atoms with van der Waals surface area (Å²) in [5.74, 6) is 0.0646. The summed E-state index contributed by atoms with van der Waals surface area (Å²) in [5.41, 5.74) is 2.03. The number of hydrogen-bond acceptors (Lipinski definition) is 5. The van der Waals surface area contributed by atoms with E-state index in [9.17, 15) is 9.59 Å². The fraction of sp³-hybridized carbons (Fsp3) is 0.227. The van der Waals surface area contributed by atoms with E-state index in [1.54, 1.807) is 25.3 Å². The lowest BCUT2D eigenvalue weighted by Gasteiger charge is -2.20. The molecule has 6 nitrogen and oxygen atoms in total. The number of methoxy groups -OCH3 is 1. The van der Waals surface area contributed by atoms with E-state index in [0.717, 1.165) is 29.8 Å². The number of aryl methyl sites for hydroxylation is 1. The molecule has 2 amide bonds. The van der Waals surface area contributed by atoms with Gasteiger partial charge in [0.2, 0.25) is 5.91 Å². The number of carbonyl (C=O) groups excluding carboxylic acids is 2. The first kappa shape index (κ1) is 19.1. The Hall–Kier alpha value is -3.19. The fourth-order valence-corrected chi connectivity index (χ4v) is 4.48. The molecule has 1 unspecified atom stereocenters. The number of nitrogens with zero attached hydrogens (tertiary/aromatic N) is 1. The Kier molecular flexibility index (Phi) is 5.57. The van der Waals surface area contributed by atoms with Crippen LogP contribution < -0.4 is 15.4 Å². The first-order valence-corrected chi connectivity index (χ1v) is 10.3. The van der Waals surface area contributed by atoms with Crippen LogP contribution in [0.3, 0.4) is 0 Å². The molecule has 148 valence electrons. The van der Waals surface area contributed by atoms with Gasteiger partial charge >= 0.3 is 0 Å². The van der Waals surface area contributed by atoms with Gasteiger partial charge in [-0.1, -0.05) is 24.3 Å². The summed E-state index contributed by atoms with van der Waals surface area (Å²) in [7, 11) is 1.59. The average Bonchev–Trinajstić information content (AvgIpc) is 3.16. The second kappa shape index (κ2) is 8.45. The molecular weight excluding hydrogens is 386 g/mol. The van der Waals surface area contributed by atoms with Gasteiger partial charge in [-0.05, 0) is 43.5 Å². The van der Waals surface area contributed by atoms with Crippen molar-refractivity contribution in [1.29, 1.82) is 0 Å². The minimum absolute atomic E-state index is 0.0922. The van der Waals surface area contributed by atoms with Crippen LogP contribution in [0.2, 0.25) is 0 Å². The van der Waals surface area contributed by atoms with Crippen LogP contribution in [-0.2, 0) is 11.2 Å². The highest BCUT2D eigenvalue weighted by molar-refractivity contribution is 7.16. The van der Waals surface area contributed by atoms with Crippen LogP contribution in [0, 0.1) is 0 Å². The zero-order valence-corrected chi connectivity index (χ0v) is 16.8. The molecule has 1 aliphatic rings. The third-order valence-electron chi connectivity index (χ3n) is 4.86. The Morgan fingerprint density at radius 3 is 2.72 bits per heavy atom. The Morgan fingerprint density at radius 2 is 1.93 bits per heavy atom. The smallest absolute Gasteiger partial charge is 0.257 e. The lowest BCUT2D eigenvalue weighted by Crippen LogP contribution is -2.24. The van der Waals surface area contributed by atoms with E-state index in [4.69, 9.17) is 4.74 Å². The summed E-state index contributed by atoms with van der Waals surface area (Å²) in [6.07, 6.45) is 2.52. The molecule has 0 radical (unpaired) electrons. The van der Waals surface area contributed by atoms with Gasteiger partial charge in [0, 0.05) is 22.2 Å². The van der Waals surface area contributed by atoms with E-state index in [-0.39, 0.29) is 17.7 Å². The van der Waals surface area contributed by atoms with E-state index in [2.05, 4.69) is 15.6 Å². The van der Waals surface area contributed by atoms with Gasteiger partial charge in [0.15, 0.2) is 5.13 Å². The van der Waals surface area contributed by atoms with Crippen molar-refractivity contribution in [2.24, 2.45) is 0 Å². The van der Waals surface area contributed by atoms with Crippen LogP contribution in [0.25, 0.3) is 0 Å². The number of aromatic nitrogens is 1. The average molecular weight is 407 g/mol. The van der Waals surface area contributed by atoms with Crippen LogP contribution in [0.1, 0.15) is 39.7 Å². The molecule has 29 heavy (non-hydrogen) atoms. The molecule has 0 aliphatic heterocycles. The largest absolute Gasteiger partial charge is 0.497 e. The molecule has 1 atom stereocenters. The van der Waals surface area contributed by atoms with Crippen LogP contribution in [0.5, 0.6) is 5.75 Å². The Bertz CT molecular complexity index is 1030. The van der Waals surface area contributed by atoms with Crippen molar-refractivity contribution in [3.8, 4) is 5.75 Å². The molecule has 2 aromatic carbocycles. The molecule has 0 saturated heterocycles. The second-order valence-corrected chi connectivity index (χ2v) is 7.90. The Labute approximate surface area is 172 Å². The molecule has 0 spiro atoms. The number of carbonyl (C=O) groups is 2. The Morgan fingerprint density at radius 1 is 1.10 bits per heavy atom. The topological polar surface area (TPSA) is 80.3 Å². The molecule has 0 bridgehead atoms. The van der Waals surface area contributed by atoms with Crippen molar-refractivity contribution < 1.29 is 14.3 Å². The third kappa shape index (κ3) is 4.30. The first-order chi connectivity index (χ1) is 14.1. The summed E-state index contributed by atoms with van der Waals surface area (Å²) in [6, 6.07) is 16.3. The monoisotopic (exact) mass is 407 g/mol. The van der Waals surface area contributed by atoms with Gasteiger partial charge in [-0.25, -0.2) is 4.98 Å². The summed E-state index contributed by atoms with van der Waals surface area (Å²) in [5, 5.41) is 6.35. The zero-order valence-electron chi connectivity index (χ0n) is 16.0. The molecule has 1 heterocycles. The number of thiazole rings is 1. The molecule has 0 saturated carbocycles. The summed E-state index contributed by atoms with van der Waals surface area (Å²) in [4.78, 5) is 31.0. The minimum atomic E-state index is -0.330. The second-order valence-electron chi connectivity index (χ2n) is 6.81. The SMILES string of the molecule is COc1cccc(NC(=O)C2CCCc3sc(NC(=O)c4ccccc4)nc32)c1. The van der Waals surface area contributed by atoms with Crippen molar-refractivity contribution in [2.75, 3.05) is 17.7 Å². The van der Waals surface area contributed by atoms with Crippen molar-refractivity contribution in [3.05, 3.63) is 70.7 Å². The van der Waals surface area contributed by atoms with Gasteiger partial charge in [0.1, 0.15) is 5.75 Å². The fourth-order valence-electron chi connectivity index (χ4n) is 3.42. The molecule has 0 fully saturated rings. The highest BCUT2D eigenvalue weighted by Gasteiger charge is 2.30. The molecular formula is C22H21N3O3S. The summed E-state index contributed by atoms with van der Waals surface area (Å²) >= 11 is 1.45. The van der Waals surface area contributed by atoms with Crippen molar-refractivity contribution >= 4 is 34.0 Å².